The molecule has 0 heterocycles. The molecule has 0 aliphatic carbocycles. The van der Waals surface area contributed by atoms with Crippen LogP contribution in [-0.4, -0.2) is 206 Å². The molecule has 0 aromatic carbocycles. The van der Waals surface area contributed by atoms with Crippen LogP contribution < -0.4 is 24.6 Å². The average molecular weight is 229 g/mol. The summed E-state index contributed by atoms with van der Waals surface area (Å²) in [4.78, 5) is 0. The Bertz CT molecular complexity index is 8.00. The van der Waals surface area contributed by atoms with Gasteiger partial charge in [0.2, 0.25) is 0 Å². The van der Waals surface area contributed by atoms with Gasteiger partial charge in [0.1, 0.15) is 0 Å². The Morgan fingerprint density at radius 3 is 0.250 bits per heavy atom. The second-order valence-electron chi connectivity index (χ2n) is 0. The van der Waals surface area contributed by atoms with E-state index in [1.807, 2.05) is 0 Å². The fourth-order valence-corrected chi connectivity index (χ4v) is 0. The first kappa shape index (κ1) is 63.2. The third kappa shape index (κ3) is 39.4. The van der Waals surface area contributed by atoms with E-state index in [1.54, 1.807) is 0 Å². The molecular formula is H16K4N4. The molecule has 0 bridgehead atoms. The molecule has 12 N–H and O–H groups in total. The average Bonchev–Trinajstić information content (AvgIpc) is 0. The molecule has 0 rings (SSSR count). The Balaban J connectivity index is 0. The van der Waals surface area contributed by atoms with Gasteiger partial charge in [-0.2, -0.15) is 0 Å². The zero-order valence-electron chi connectivity index (χ0n) is 2.83. The van der Waals surface area contributed by atoms with Gasteiger partial charge in [-0.25, -0.2) is 0 Å². The fraction of sp³-hybridized carbons (Fsp3) is 0. The van der Waals surface area contributed by atoms with Gasteiger partial charge in [-0.1, -0.05) is 0 Å². The van der Waals surface area contributed by atoms with Crippen LogP contribution in [0.2, 0.25) is 0 Å². The molecular weight excluding hydrogens is 212 g/mol. The summed E-state index contributed by atoms with van der Waals surface area (Å²) >= 11 is 0. The molecule has 0 unspecified atom stereocenters. The summed E-state index contributed by atoms with van der Waals surface area (Å²) in [6.45, 7) is 0. The van der Waals surface area contributed by atoms with Gasteiger partial charge in [-0.05, 0) is 0 Å². The molecule has 0 amide bonds. The molecule has 8 heteroatoms. The van der Waals surface area contributed by atoms with Crippen LogP contribution in [0.25, 0.3) is 0 Å². The molecule has 4 nitrogen and oxygen atoms in total. The van der Waals surface area contributed by atoms with E-state index in [0.29, 0.717) is 0 Å². The zero-order chi connectivity index (χ0) is 0. The molecule has 0 saturated heterocycles. The third-order valence-electron chi connectivity index (χ3n) is 0. The van der Waals surface area contributed by atoms with Gasteiger partial charge in [0, 0.05) is 0 Å². The van der Waals surface area contributed by atoms with Crippen molar-refractivity contribution in [1.82, 2.24) is 24.6 Å². The zero-order valence-corrected chi connectivity index (χ0v) is 2.83. The molecule has 0 aliphatic heterocycles. The summed E-state index contributed by atoms with van der Waals surface area (Å²) in [6, 6.07) is 0. The van der Waals surface area contributed by atoms with Crippen molar-refractivity contribution < 1.29 is 0 Å². The van der Waals surface area contributed by atoms with Crippen molar-refractivity contribution in [2.75, 3.05) is 0 Å². The van der Waals surface area contributed by atoms with Crippen LogP contribution in [0.3, 0.4) is 0 Å². The summed E-state index contributed by atoms with van der Waals surface area (Å²) in [6.07, 6.45) is 0. The third-order valence-corrected chi connectivity index (χ3v) is 0. The van der Waals surface area contributed by atoms with E-state index in [9.17, 15) is 0 Å². The summed E-state index contributed by atoms with van der Waals surface area (Å²) in [5.74, 6) is 0. The summed E-state index contributed by atoms with van der Waals surface area (Å²) in [5, 5.41) is 0. The van der Waals surface area contributed by atoms with Gasteiger partial charge in [-0.3, -0.25) is 0 Å². The van der Waals surface area contributed by atoms with Gasteiger partial charge in [0.25, 0.3) is 0 Å². The van der Waals surface area contributed by atoms with Crippen LogP contribution in [0.4, 0.5) is 0 Å². The summed E-state index contributed by atoms with van der Waals surface area (Å²) in [7, 11) is 0. The minimum atomic E-state index is 0. The van der Waals surface area contributed by atoms with Crippen LogP contribution in [0.1, 0.15) is 0 Å². The van der Waals surface area contributed by atoms with Crippen LogP contribution in [0, 0.1) is 0 Å². The molecule has 40 valence electrons. The van der Waals surface area contributed by atoms with E-state index in [1.165, 1.54) is 0 Å². The summed E-state index contributed by atoms with van der Waals surface area (Å²) < 4.78 is 0. The second-order valence-corrected chi connectivity index (χ2v) is 0. The van der Waals surface area contributed by atoms with Crippen LogP contribution in [0.15, 0.2) is 0 Å². The van der Waals surface area contributed by atoms with E-state index >= 15 is 0 Å². The fourth-order valence-electron chi connectivity index (χ4n) is 0. The molecule has 0 atom stereocenters. The molecule has 0 saturated carbocycles. The van der Waals surface area contributed by atoms with Crippen molar-refractivity contribution in [2.45, 2.75) is 0 Å². The first-order chi connectivity index (χ1) is 0. The van der Waals surface area contributed by atoms with Gasteiger partial charge in [0.15, 0.2) is 0 Å². The monoisotopic (exact) mass is 228 g/mol. The normalized spacial score (nSPS) is 0. The maximum absolute atomic E-state index is 0. The van der Waals surface area contributed by atoms with E-state index in [0.717, 1.165) is 0 Å². The first-order valence-electron chi connectivity index (χ1n) is 0. The number of hydrogen-bond donors (Lipinski definition) is 4. The molecule has 0 spiro atoms. The molecule has 8 heavy (non-hydrogen) atoms. The number of rotatable bonds is 0. The Labute approximate surface area is 222 Å². The standard InChI is InChI=1S/4K.4H3N.4H/h;;;;4*1H3;;;;. The van der Waals surface area contributed by atoms with Gasteiger partial charge in [-0.15, -0.1) is 0 Å². The predicted molar refractivity (Wildman–Crippen MR) is 48.7 cm³/mol. The number of hydrogen-bond acceptors (Lipinski definition) is 4. The molecule has 0 radical (unpaired) electrons. The Morgan fingerprint density at radius 2 is 0.250 bits per heavy atom. The maximum atomic E-state index is 0. The molecule has 0 fully saturated rings. The predicted octanol–water partition coefficient (Wildman–Crippen LogP) is -1.95. The first-order valence-corrected chi connectivity index (χ1v) is 0. The van der Waals surface area contributed by atoms with Crippen LogP contribution >= 0.6 is 0 Å². The topological polar surface area (TPSA) is 140 Å². The van der Waals surface area contributed by atoms with Gasteiger partial charge >= 0.3 is 206 Å². The van der Waals surface area contributed by atoms with E-state index < -0.39 is 0 Å². The summed E-state index contributed by atoms with van der Waals surface area (Å²) in [5.41, 5.74) is 0. The van der Waals surface area contributed by atoms with E-state index in [4.69, 9.17) is 0 Å². The molecule has 0 aromatic rings. The Hall–Kier alpha value is 6.39. The Kier molecular flexibility index (Phi) is 398. The van der Waals surface area contributed by atoms with E-state index in [2.05, 4.69) is 0 Å². The quantitative estimate of drug-likeness (QED) is 0.358. The van der Waals surface area contributed by atoms with Crippen molar-refractivity contribution in [3.05, 3.63) is 0 Å². The van der Waals surface area contributed by atoms with Gasteiger partial charge in [0.05, 0.1) is 0 Å². The van der Waals surface area contributed by atoms with Crippen molar-refractivity contribution in [2.24, 2.45) is 0 Å². The second kappa shape index (κ2) is 50.4. The molecule has 0 aromatic heterocycles. The SMILES string of the molecule is N.N.N.N.[KH].[KH].[KH].[KH]. The van der Waals surface area contributed by atoms with Crippen LogP contribution in [0.5, 0.6) is 0 Å². The van der Waals surface area contributed by atoms with Crippen molar-refractivity contribution >= 4 is 206 Å². The minimum absolute atomic E-state index is 0. The Morgan fingerprint density at radius 1 is 0.250 bits per heavy atom. The van der Waals surface area contributed by atoms with Crippen LogP contribution in [-0.2, 0) is 0 Å². The van der Waals surface area contributed by atoms with Crippen molar-refractivity contribution in [3.63, 3.8) is 0 Å². The van der Waals surface area contributed by atoms with Gasteiger partial charge < -0.3 is 24.6 Å². The van der Waals surface area contributed by atoms with Crippen molar-refractivity contribution in [1.29, 1.82) is 0 Å². The molecule has 0 aliphatic rings. The van der Waals surface area contributed by atoms with Crippen molar-refractivity contribution in [3.8, 4) is 0 Å². The van der Waals surface area contributed by atoms with E-state index in [-0.39, 0.29) is 230 Å².